The van der Waals surface area contributed by atoms with Crippen molar-refractivity contribution in [3.8, 4) is 0 Å². The Kier molecular flexibility index (Phi) is 5.98. The third-order valence-electron chi connectivity index (χ3n) is 6.45. The molecular weight excluding hydrogens is 415 g/mol. The summed E-state index contributed by atoms with van der Waals surface area (Å²) < 4.78 is 0. The van der Waals surface area contributed by atoms with E-state index in [0.29, 0.717) is 22.2 Å². The number of fused-ring (bicyclic) bond motifs is 2. The summed E-state index contributed by atoms with van der Waals surface area (Å²) in [7, 11) is 0. The van der Waals surface area contributed by atoms with E-state index in [0.717, 1.165) is 38.2 Å². The van der Waals surface area contributed by atoms with Crippen molar-refractivity contribution in [1.82, 2.24) is 4.90 Å². The van der Waals surface area contributed by atoms with Crippen LogP contribution in [0, 0.1) is 6.92 Å². The number of piperidine rings is 1. The fraction of sp³-hybridized carbons (Fsp3) is 0.400. The fourth-order valence-corrected chi connectivity index (χ4v) is 5.16. The fourth-order valence-electron chi connectivity index (χ4n) is 4.68. The molecule has 2 aromatic rings. The molecule has 30 heavy (non-hydrogen) atoms. The summed E-state index contributed by atoms with van der Waals surface area (Å²) in [6.45, 7) is 10.2. The van der Waals surface area contributed by atoms with Crippen molar-refractivity contribution in [1.29, 1.82) is 0 Å². The molecule has 0 bridgehead atoms. The van der Waals surface area contributed by atoms with Gasteiger partial charge in [-0.2, -0.15) is 0 Å². The van der Waals surface area contributed by atoms with Gasteiger partial charge in [-0.05, 0) is 76.5 Å². The second kappa shape index (κ2) is 8.37. The number of hydrogen-bond donors (Lipinski definition) is 0. The van der Waals surface area contributed by atoms with Crippen molar-refractivity contribution in [2.75, 3.05) is 31.1 Å². The van der Waals surface area contributed by atoms with Gasteiger partial charge in [-0.1, -0.05) is 52.5 Å². The van der Waals surface area contributed by atoms with E-state index in [1.165, 1.54) is 16.7 Å². The molecule has 2 aliphatic rings. The molecule has 0 saturated carbocycles. The zero-order chi connectivity index (χ0) is 21.5. The van der Waals surface area contributed by atoms with Gasteiger partial charge < -0.3 is 4.90 Å². The standard InChI is InChI=1S/C25H28Cl2N2O/c1-17(2)8-11-28-12-9-25(10-13-28)16-29(23-7-4-18(3)14-21(23)25)24(30)20-6-5-19(26)15-22(20)27/h4-8,14-15H,9-13,16H2,1-3H3. The lowest BCUT2D eigenvalue weighted by molar-refractivity contribution is 0.0978. The third-order valence-corrected chi connectivity index (χ3v) is 7.00. The number of likely N-dealkylation sites (tertiary alicyclic amines) is 1. The van der Waals surface area contributed by atoms with Gasteiger partial charge in [0.25, 0.3) is 5.91 Å². The highest BCUT2D eigenvalue weighted by Gasteiger charge is 2.46. The Hall–Kier alpha value is -1.81. The highest BCUT2D eigenvalue weighted by atomic mass is 35.5. The molecule has 1 amide bonds. The predicted molar refractivity (Wildman–Crippen MR) is 126 cm³/mol. The molecule has 0 N–H and O–H groups in total. The van der Waals surface area contributed by atoms with Crippen LogP contribution in [0.2, 0.25) is 10.0 Å². The van der Waals surface area contributed by atoms with Gasteiger partial charge in [0.2, 0.25) is 0 Å². The lowest BCUT2D eigenvalue weighted by Gasteiger charge is -2.39. The Morgan fingerprint density at radius 3 is 2.50 bits per heavy atom. The molecule has 0 aromatic heterocycles. The summed E-state index contributed by atoms with van der Waals surface area (Å²) in [6.07, 6.45) is 4.40. The van der Waals surface area contributed by atoms with Gasteiger partial charge in [0.05, 0.1) is 10.6 Å². The van der Waals surface area contributed by atoms with Crippen molar-refractivity contribution >= 4 is 34.8 Å². The molecule has 0 aliphatic carbocycles. The largest absolute Gasteiger partial charge is 0.307 e. The summed E-state index contributed by atoms with van der Waals surface area (Å²) in [4.78, 5) is 17.9. The van der Waals surface area contributed by atoms with Crippen molar-refractivity contribution in [2.24, 2.45) is 0 Å². The number of carbonyl (C=O) groups excluding carboxylic acids is 1. The number of nitrogens with zero attached hydrogens (tertiary/aromatic N) is 2. The molecule has 3 nitrogen and oxygen atoms in total. The lowest BCUT2D eigenvalue weighted by atomic mass is 9.74. The van der Waals surface area contributed by atoms with Crippen LogP contribution >= 0.6 is 23.2 Å². The molecule has 1 saturated heterocycles. The Balaban J connectivity index is 1.64. The SMILES string of the molecule is CC(C)=CCN1CCC2(CC1)CN(C(=O)c1ccc(Cl)cc1Cl)c1ccc(C)cc12. The summed E-state index contributed by atoms with van der Waals surface area (Å²) in [5.74, 6) is -0.0504. The number of anilines is 1. The number of aryl methyl sites for hydroxylation is 1. The molecule has 0 atom stereocenters. The molecular formula is C25H28Cl2N2O. The first-order valence-corrected chi connectivity index (χ1v) is 11.3. The van der Waals surface area contributed by atoms with Crippen molar-refractivity contribution in [3.05, 3.63) is 74.8 Å². The topological polar surface area (TPSA) is 23.6 Å². The zero-order valence-electron chi connectivity index (χ0n) is 17.8. The second-order valence-electron chi connectivity index (χ2n) is 8.90. The molecule has 2 aliphatic heterocycles. The van der Waals surface area contributed by atoms with Crippen LogP contribution in [0.5, 0.6) is 0 Å². The minimum Gasteiger partial charge on any atom is -0.307 e. The van der Waals surface area contributed by atoms with Gasteiger partial charge >= 0.3 is 0 Å². The van der Waals surface area contributed by atoms with Crippen LogP contribution in [0.4, 0.5) is 5.69 Å². The van der Waals surface area contributed by atoms with Crippen LogP contribution in [0.25, 0.3) is 0 Å². The van der Waals surface area contributed by atoms with Gasteiger partial charge in [0.1, 0.15) is 0 Å². The minimum atomic E-state index is -0.0504. The number of halogens is 2. The smallest absolute Gasteiger partial charge is 0.259 e. The van der Waals surface area contributed by atoms with Gasteiger partial charge in [-0.3, -0.25) is 9.69 Å². The van der Waals surface area contributed by atoms with Crippen molar-refractivity contribution in [3.63, 3.8) is 0 Å². The Bertz CT molecular complexity index is 1000. The summed E-state index contributed by atoms with van der Waals surface area (Å²) in [6, 6.07) is 11.6. The summed E-state index contributed by atoms with van der Waals surface area (Å²) in [5, 5.41) is 0.938. The van der Waals surface area contributed by atoms with Crippen molar-refractivity contribution < 1.29 is 4.79 Å². The number of benzene rings is 2. The van der Waals surface area contributed by atoms with Crippen LogP contribution in [-0.2, 0) is 5.41 Å². The van der Waals surface area contributed by atoms with E-state index in [4.69, 9.17) is 23.2 Å². The maximum atomic E-state index is 13.5. The van der Waals surface area contributed by atoms with Crippen LogP contribution in [0.1, 0.15) is 48.2 Å². The summed E-state index contributed by atoms with van der Waals surface area (Å²) >= 11 is 12.4. The van der Waals surface area contributed by atoms with Crippen LogP contribution in [-0.4, -0.2) is 37.0 Å². The molecule has 2 heterocycles. The molecule has 1 fully saturated rings. The Morgan fingerprint density at radius 1 is 1.10 bits per heavy atom. The van der Waals surface area contributed by atoms with Gasteiger partial charge in [-0.25, -0.2) is 0 Å². The molecule has 1 spiro atoms. The van der Waals surface area contributed by atoms with E-state index in [2.05, 4.69) is 49.9 Å². The van der Waals surface area contributed by atoms with E-state index in [1.54, 1.807) is 18.2 Å². The van der Waals surface area contributed by atoms with Crippen LogP contribution in [0.3, 0.4) is 0 Å². The molecule has 4 rings (SSSR count). The van der Waals surface area contributed by atoms with E-state index >= 15 is 0 Å². The predicted octanol–water partition coefficient (Wildman–Crippen LogP) is 6.26. The first-order chi connectivity index (χ1) is 14.3. The molecule has 0 unspecified atom stereocenters. The number of allylic oxidation sites excluding steroid dienone is 1. The third kappa shape index (κ3) is 4.03. The van der Waals surface area contributed by atoms with Crippen molar-refractivity contribution in [2.45, 2.75) is 39.0 Å². The average Bonchev–Trinajstić information content (AvgIpc) is 3.00. The van der Waals surface area contributed by atoms with Gasteiger partial charge in [0, 0.05) is 29.2 Å². The minimum absolute atomic E-state index is 0.0113. The number of amides is 1. The monoisotopic (exact) mass is 442 g/mol. The maximum absolute atomic E-state index is 13.5. The highest BCUT2D eigenvalue weighted by molar-refractivity contribution is 6.37. The van der Waals surface area contributed by atoms with Crippen LogP contribution < -0.4 is 4.90 Å². The number of rotatable bonds is 3. The molecule has 5 heteroatoms. The van der Waals surface area contributed by atoms with Crippen LogP contribution in [0.15, 0.2) is 48.0 Å². The zero-order valence-corrected chi connectivity index (χ0v) is 19.4. The molecule has 158 valence electrons. The Labute approximate surface area is 189 Å². The molecule has 0 radical (unpaired) electrons. The van der Waals surface area contributed by atoms with E-state index < -0.39 is 0 Å². The molecule has 2 aromatic carbocycles. The maximum Gasteiger partial charge on any atom is 0.259 e. The van der Waals surface area contributed by atoms with Gasteiger partial charge in [-0.15, -0.1) is 0 Å². The number of hydrogen-bond acceptors (Lipinski definition) is 2. The lowest BCUT2D eigenvalue weighted by Crippen LogP contribution is -2.46. The van der Waals surface area contributed by atoms with E-state index in [-0.39, 0.29) is 11.3 Å². The average molecular weight is 443 g/mol. The second-order valence-corrected chi connectivity index (χ2v) is 9.74. The normalized spacial score (nSPS) is 17.8. The number of carbonyl (C=O) groups is 1. The van der Waals surface area contributed by atoms with Gasteiger partial charge in [0.15, 0.2) is 0 Å². The van der Waals surface area contributed by atoms with E-state index in [1.807, 2.05) is 4.90 Å². The first-order valence-electron chi connectivity index (χ1n) is 10.5. The summed E-state index contributed by atoms with van der Waals surface area (Å²) in [5.41, 5.74) is 5.44. The quantitative estimate of drug-likeness (QED) is 0.523. The first kappa shape index (κ1) is 21.4. The highest BCUT2D eigenvalue weighted by Crippen LogP contribution is 2.48. The van der Waals surface area contributed by atoms with E-state index in [9.17, 15) is 4.79 Å². The Morgan fingerprint density at radius 2 is 1.83 bits per heavy atom.